The molecule has 9 heteroatoms. The number of hydrogen-bond donors (Lipinski definition) is 3. The lowest BCUT2D eigenvalue weighted by molar-refractivity contribution is -0.151. The van der Waals surface area contributed by atoms with Gasteiger partial charge in [-0.15, -0.1) is 11.3 Å². The molecule has 6 rings (SSSR count). The van der Waals surface area contributed by atoms with Crippen molar-refractivity contribution >= 4 is 39.8 Å². The molecule has 1 aromatic heterocycles. The van der Waals surface area contributed by atoms with Crippen molar-refractivity contribution in [3.05, 3.63) is 46.4 Å². The zero-order valence-corrected chi connectivity index (χ0v) is 20.4. The number of thiophene rings is 1. The Kier molecular flexibility index (Phi) is 6.27. The van der Waals surface area contributed by atoms with Gasteiger partial charge >= 0.3 is 5.97 Å². The first kappa shape index (κ1) is 23.4. The van der Waals surface area contributed by atoms with E-state index in [4.69, 9.17) is 9.47 Å². The molecule has 4 aliphatic carbocycles. The van der Waals surface area contributed by atoms with E-state index >= 15 is 0 Å². The maximum atomic E-state index is 13.5. The molecule has 1 heterocycles. The molecule has 2 aromatic rings. The van der Waals surface area contributed by atoms with Crippen LogP contribution in [0.5, 0.6) is 11.5 Å². The third kappa shape index (κ3) is 4.18. The summed E-state index contributed by atoms with van der Waals surface area (Å²) in [4.78, 5) is 40.0. The Morgan fingerprint density at radius 2 is 1.74 bits per heavy atom. The van der Waals surface area contributed by atoms with Gasteiger partial charge in [0.1, 0.15) is 16.5 Å². The maximum Gasteiger partial charge on any atom is 0.307 e. The van der Waals surface area contributed by atoms with Crippen molar-refractivity contribution in [1.29, 1.82) is 0 Å². The van der Waals surface area contributed by atoms with Crippen LogP contribution in [0.25, 0.3) is 0 Å². The van der Waals surface area contributed by atoms with Gasteiger partial charge in [-0.25, -0.2) is 0 Å². The summed E-state index contributed by atoms with van der Waals surface area (Å²) in [6.07, 6.45) is 8.09. The number of carboxylic acid groups (broad SMARTS) is 1. The second kappa shape index (κ2) is 9.37. The third-order valence-corrected chi connectivity index (χ3v) is 8.59. The minimum Gasteiger partial charge on any atom is -0.497 e. The molecule has 0 saturated heterocycles. The summed E-state index contributed by atoms with van der Waals surface area (Å²) in [6.45, 7) is 0. The molecule has 35 heavy (non-hydrogen) atoms. The molecule has 0 radical (unpaired) electrons. The average molecular weight is 497 g/mol. The van der Waals surface area contributed by atoms with Crippen LogP contribution in [0.1, 0.15) is 40.1 Å². The fourth-order valence-electron chi connectivity index (χ4n) is 5.70. The molecule has 4 atom stereocenters. The predicted molar refractivity (Wildman–Crippen MR) is 132 cm³/mol. The number of aliphatic carboxylic acids is 1. The van der Waals surface area contributed by atoms with Crippen molar-refractivity contribution in [3.63, 3.8) is 0 Å². The molecule has 0 spiro atoms. The molecule has 1 aromatic carbocycles. The number of aryl methyl sites for hydroxylation is 1. The number of methoxy groups -OCH3 is 2. The minimum absolute atomic E-state index is 0.103. The molecule has 2 bridgehead atoms. The number of anilines is 2. The van der Waals surface area contributed by atoms with Crippen molar-refractivity contribution in [2.24, 2.45) is 23.7 Å². The molecule has 184 valence electrons. The predicted octanol–water partition coefficient (Wildman–Crippen LogP) is 4.36. The SMILES string of the molecule is COc1ccc(NC(=O)c2c(NC(=O)[C@@H]3[C@@H](C(=O)O)[C@H]4C=C[C@@H]3CC4)sc3c2CCC3)c(OC)c1. The lowest BCUT2D eigenvalue weighted by atomic mass is 9.62. The first-order chi connectivity index (χ1) is 16.9. The van der Waals surface area contributed by atoms with E-state index in [1.54, 1.807) is 25.3 Å². The Balaban J connectivity index is 1.43. The van der Waals surface area contributed by atoms with Crippen molar-refractivity contribution in [1.82, 2.24) is 0 Å². The molecule has 8 nitrogen and oxygen atoms in total. The van der Waals surface area contributed by atoms with Gasteiger partial charge in [0.2, 0.25) is 5.91 Å². The summed E-state index contributed by atoms with van der Waals surface area (Å²) < 4.78 is 10.6. The highest BCUT2D eigenvalue weighted by Gasteiger charge is 2.48. The van der Waals surface area contributed by atoms with Gasteiger partial charge in [-0.05, 0) is 61.6 Å². The van der Waals surface area contributed by atoms with Gasteiger partial charge in [0, 0.05) is 10.9 Å². The van der Waals surface area contributed by atoms with Gasteiger partial charge in [-0.1, -0.05) is 12.2 Å². The lowest BCUT2D eigenvalue weighted by Crippen LogP contribution is -2.47. The van der Waals surface area contributed by atoms with Crippen molar-refractivity contribution in [2.75, 3.05) is 24.9 Å². The van der Waals surface area contributed by atoms with Crippen LogP contribution in [0.2, 0.25) is 0 Å². The molecule has 2 amide bonds. The summed E-state index contributed by atoms with van der Waals surface area (Å²) in [6, 6.07) is 5.13. The highest BCUT2D eigenvalue weighted by molar-refractivity contribution is 7.17. The Morgan fingerprint density at radius 3 is 2.40 bits per heavy atom. The molecule has 3 N–H and O–H groups in total. The van der Waals surface area contributed by atoms with Gasteiger partial charge in [0.15, 0.2) is 0 Å². The van der Waals surface area contributed by atoms with E-state index in [9.17, 15) is 19.5 Å². The number of fused-ring (bicyclic) bond motifs is 3. The van der Waals surface area contributed by atoms with Crippen LogP contribution in [0.15, 0.2) is 30.4 Å². The van der Waals surface area contributed by atoms with Crippen LogP contribution in [0, 0.1) is 23.7 Å². The fraction of sp³-hybridized carbons (Fsp3) is 0.423. The van der Waals surface area contributed by atoms with E-state index in [0.29, 0.717) is 27.8 Å². The van der Waals surface area contributed by atoms with E-state index in [2.05, 4.69) is 10.6 Å². The molecule has 1 saturated carbocycles. The van der Waals surface area contributed by atoms with Crippen LogP contribution in [0.4, 0.5) is 10.7 Å². The van der Waals surface area contributed by atoms with Gasteiger partial charge in [-0.3, -0.25) is 14.4 Å². The standard InChI is InChI=1S/C26H28N2O6S/c1-33-15-10-11-17(18(12-15)34-2)27-24(30)22-16-4-3-5-19(16)35-25(22)28-23(29)20-13-6-8-14(9-7-13)21(20)26(31)32/h6,8,10-14,20-21H,3-5,7,9H2,1-2H3,(H,27,30)(H,28,29)(H,31,32)/t13-,14+,20+,21+/m1/s1. The van der Waals surface area contributed by atoms with Crippen molar-refractivity contribution < 1.29 is 29.0 Å². The van der Waals surface area contributed by atoms with E-state index in [-0.39, 0.29) is 23.7 Å². The van der Waals surface area contributed by atoms with Crippen LogP contribution in [0.3, 0.4) is 0 Å². The molecule has 0 unspecified atom stereocenters. The first-order valence-electron chi connectivity index (χ1n) is 11.8. The number of hydrogen-bond acceptors (Lipinski definition) is 6. The topological polar surface area (TPSA) is 114 Å². The van der Waals surface area contributed by atoms with E-state index in [1.807, 2.05) is 12.2 Å². The van der Waals surface area contributed by atoms with Crippen LogP contribution >= 0.6 is 11.3 Å². The summed E-state index contributed by atoms with van der Waals surface area (Å²) in [5, 5.41) is 16.2. The average Bonchev–Trinajstić information content (AvgIpc) is 3.45. The number of carbonyl (C=O) groups excluding carboxylic acids is 2. The Bertz CT molecular complexity index is 1220. The number of rotatable bonds is 7. The summed E-state index contributed by atoms with van der Waals surface area (Å²) in [5.41, 5.74) is 1.90. The largest absolute Gasteiger partial charge is 0.497 e. The highest BCUT2D eigenvalue weighted by atomic mass is 32.1. The number of carbonyl (C=O) groups is 3. The second-order valence-corrected chi connectivity index (χ2v) is 10.4. The zero-order chi connectivity index (χ0) is 24.7. The fourth-order valence-corrected chi connectivity index (χ4v) is 6.99. The molecule has 4 aliphatic rings. The van der Waals surface area contributed by atoms with Crippen molar-refractivity contribution in [3.8, 4) is 11.5 Å². The number of amides is 2. The van der Waals surface area contributed by atoms with E-state index in [1.165, 1.54) is 18.4 Å². The number of allylic oxidation sites excluding steroid dienone is 2. The summed E-state index contributed by atoms with van der Waals surface area (Å²) in [7, 11) is 3.07. The quantitative estimate of drug-likeness (QED) is 0.491. The third-order valence-electron chi connectivity index (χ3n) is 7.38. The Hall–Kier alpha value is -3.33. The monoisotopic (exact) mass is 496 g/mol. The number of ether oxygens (including phenoxy) is 2. The number of carboxylic acids is 1. The van der Waals surface area contributed by atoms with Gasteiger partial charge in [0.25, 0.3) is 5.91 Å². The van der Waals surface area contributed by atoms with Crippen LogP contribution in [-0.2, 0) is 22.4 Å². The zero-order valence-electron chi connectivity index (χ0n) is 19.6. The second-order valence-electron chi connectivity index (χ2n) is 9.25. The Morgan fingerprint density at radius 1 is 1.00 bits per heavy atom. The normalized spacial score (nSPS) is 24.1. The molecule has 1 fully saturated rings. The van der Waals surface area contributed by atoms with Gasteiger partial charge in [-0.2, -0.15) is 0 Å². The lowest BCUT2D eigenvalue weighted by Gasteiger charge is -2.41. The summed E-state index contributed by atoms with van der Waals surface area (Å²) in [5.74, 6) is -2.16. The van der Waals surface area contributed by atoms with Crippen molar-refractivity contribution in [2.45, 2.75) is 32.1 Å². The van der Waals surface area contributed by atoms with E-state index < -0.39 is 17.8 Å². The van der Waals surface area contributed by atoms with Crippen LogP contribution < -0.4 is 20.1 Å². The van der Waals surface area contributed by atoms with E-state index in [0.717, 1.165) is 42.5 Å². The first-order valence-corrected chi connectivity index (χ1v) is 12.6. The molecule has 0 aliphatic heterocycles. The van der Waals surface area contributed by atoms with Crippen LogP contribution in [-0.4, -0.2) is 37.1 Å². The minimum atomic E-state index is -0.942. The highest BCUT2D eigenvalue weighted by Crippen LogP contribution is 2.46. The molecular weight excluding hydrogens is 468 g/mol. The Labute approximate surface area is 207 Å². The van der Waals surface area contributed by atoms with Gasteiger partial charge < -0.3 is 25.2 Å². The summed E-state index contributed by atoms with van der Waals surface area (Å²) >= 11 is 1.42. The maximum absolute atomic E-state index is 13.5. The molecular formula is C26H28N2O6S. The smallest absolute Gasteiger partial charge is 0.307 e. The number of nitrogens with one attached hydrogen (secondary N) is 2. The number of benzene rings is 1. The van der Waals surface area contributed by atoms with Gasteiger partial charge in [0.05, 0.1) is 37.3 Å².